The Hall–Kier alpha value is -0.220. The van der Waals surface area contributed by atoms with E-state index in [2.05, 4.69) is 17.9 Å². The zero-order valence-corrected chi connectivity index (χ0v) is 8.90. The van der Waals surface area contributed by atoms with Gasteiger partial charge >= 0.3 is 0 Å². The highest BCUT2D eigenvalue weighted by Gasteiger charge is 2.12. The van der Waals surface area contributed by atoms with E-state index in [1.54, 1.807) is 11.8 Å². The van der Waals surface area contributed by atoms with Crippen molar-refractivity contribution in [1.29, 1.82) is 0 Å². The molecule has 0 aliphatic heterocycles. The highest BCUT2D eigenvalue weighted by atomic mass is 32.1. The van der Waals surface area contributed by atoms with Gasteiger partial charge in [0.05, 0.1) is 5.25 Å². The average molecular weight is 190 g/mol. The Bertz CT molecular complexity index is 139. The van der Waals surface area contributed by atoms with Gasteiger partial charge in [-0.3, -0.25) is 4.79 Å². The van der Waals surface area contributed by atoms with Gasteiger partial charge in [-0.25, -0.2) is 0 Å². The summed E-state index contributed by atoms with van der Waals surface area (Å²) < 4.78 is 0. The van der Waals surface area contributed by atoms with Crippen molar-refractivity contribution in [2.24, 2.45) is 0 Å². The van der Waals surface area contributed by atoms with Crippen molar-refractivity contribution >= 4 is 18.5 Å². The Morgan fingerprint density at radius 2 is 2.25 bits per heavy atom. The lowest BCUT2D eigenvalue weighted by molar-refractivity contribution is -0.129. The van der Waals surface area contributed by atoms with E-state index < -0.39 is 0 Å². The first-order valence-electron chi connectivity index (χ1n) is 4.17. The normalized spacial score (nSPS) is 12.7. The summed E-state index contributed by atoms with van der Waals surface area (Å²) in [6.45, 7) is 3.53. The number of rotatable bonds is 5. The van der Waals surface area contributed by atoms with Crippen molar-refractivity contribution in [2.75, 3.05) is 27.2 Å². The highest BCUT2D eigenvalue weighted by molar-refractivity contribution is 7.81. The van der Waals surface area contributed by atoms with Gasteiger partial charge in [0.2, 0.25) is 5.91 Å². The molecule has 0 heterocycles. The second kappa shape index (κ2) is 6.31. The monoisotopic (exact) mass is 190 g/mol. The van der Waals surface area contributed by atoms with Crippen LogP contribution in [0.25, 0.3) is 0 Å². The molecule has 1 amide bonds. The van der Waals surface area contributed by atoms with Crippen molar-refractivity contribution in [1.82, 2.24) is 10.2 Å². The van der Waals surface area contributed by atoms with Gasteiger partial charge in [-0.2, -0.15) is 12.6 Å². The van der Waals surface area contributed by atoms with Crippen LogP contribution in [0.1, 0.15) is 13.3 Å². The van der Waals surface area contributed by atoms with Gasteiger partial charge in [0.25, 0.3) is 0 Å². The van der Waals surface area contributed by atoms with E-state index in [9.17, 15) is 4.79 Å². The zero-order chi connectivity index (χ0) is 9.56. The molecule has 0 spiro atoms. The first kappa shape index (κ1) is 11.8. The van der Waals surface area contributed by atoms with Crippen LogP contribution in [0.5, 0.6) is 0 Å². The molecule has 0 fully saturated rings. The summed E-state index contributed by atoms with van der Waals surface area (Å²) in [4.78, 5) is 13.0. The van der Waals surface area contributed by atoms with Gasteiger partial charge < -0.3 is 10.2 Å². The van der Waals surface area contributed by atoms with E-state index in [-0.39, 0.29) is 11.2 Å². The van der Waals surface area contributed by atoms with E-state index in [0.29, 0.717) is 0 Å². The number of nitrogens with zero attached hydrogens (tertiary/aromatic N) is 1. The summed E-state index contributed by atoms with van der Waals surface area (Å²) in [6, 6.07) is 0. The lowest BCUT2D eigenvalue weighted by Gasteiger charge is -2.18. The topological polar surface area (TPSA) is 32.3 Å². The summed E-state index contributed by atoms with van der Waals surface area (Å²) in [5, 5.41) is 2.84. The van der Waals surface area contributed by atoms with Crippen LogP contribution in [0, 0.1) is 0 Å². The molecular formula is C8H18N2OS. The van der Waals surface area contributed by atoms with E-state index >= 15 is 0 Å². The van der Waals surface area contributed by atoms with Gasteiger partial charge in [0.1, 0.15) is 0 Å². The van der Waals surface area contributed by atoms with Crippen molar-refractivity contribution in [2.45, 2.75) is 18.6 Å². The molecule has 0 rings (SSSR count). The molecule has 0 aliphatic rings. The first-order valence-corrected chi connectivity index (χ1v) is 4.69. The van der Waals surface area contributed by atoms with E-state index in [4.69, 9.17) is 0 Å². The van der Waals surface area contributed by atoms with Gasteiger partial charge in [0, 0.05) is 13.6 Å². The molecule has 4 heteroatoms. The maximum absolute atomic E-state index is 11.3. The van der Waals surface area contributed by atoms with Crippen LogP contribution in [0.2, 0.25) is 0 Å². The van der Waals surface area contributed by atoms with Crippen molar-refractivity contribution in [3.8, 4) is 0 Å². The van der Waals surface area contributed by atoms with E-state index in [1.807, 2.05) is 14.1 Å². The van der Waals surface area contributed by atoms with Crippen molar-refractivity contribution in [3.05, 3.63) is 0 Å². The largest absolute Gasteiger partial charge is 0.345 e. The van der Waals surface area contributed by atoms with E-state index in [1.165, 1.54) is 0 Å². The molecule has 0 saturated carbocycles. The molecule has 0 aromatic heterocycles. The average Bonchev–Trinajstić information content (AvgIpc) is 2.03. The number of amides is 1. The Labute approximate surface area is 79.9 Å². The van der Waals surface area contributed by atoms with Crippen LogP contribution in [0.3, 0.4) is 0 Å². The van der Waals surface area contributed by atoms with Crippen LogP contribution in [-0.2, 0) is 4.79 Å². The number of hydrogen-bond acceptors (Lipinski definition) is 3. The van der Waals surface area contributed by atoms with Crippen molar-refractivity contribution in [3.63, 3.8) is 0 Å². The fraction of sp³-hybridized carbons (Fsp3) is 0.875. The molecule has 12 heavy (non-hydrogen) atoms. The van der Waals surface area contributed by atoms with Gasteiger partial charge in [-0.05, 0) is 26.9 Å². The molecule has 0 bridgehead atoms. The smallest absolute Gasteiger partial charge is 0.234 e. The minimum Gasteiger partial charge on any atom is -0.345 e. The summed E-state index contributed by atoms with van der Waals surface area (Å²) in [5.41, 5.74) is 0. The molecular weight excluding hydrogens is 172 g/mol. The van der Waals surface area contributed by atoms with Gasteiger partial charge in [0.15, 0.2) is 0 Å². The molecule has 0 aromatic rings. The molecule has 72 valence electrons. The third-order valence-corrected chi connectivity index (χ3v) is 1.87. The van der Waals surface area contributed by atoms with E-state index in [0.717, 1.165) is 19.5 Å². The van der Waals surface area contributed by atoms with Crippen molar-refractivity contribution < 1.29 is 4.79 Å². The fourth-order valence-corrected chi connectivity index (χ4v) is 1.12. The van der Waals surface area contributed by atoms with Crippen LogP contribution in [0.15, 0.2) is 0 Å². The lowest BCUT2D eigenvalue weighted by Crippen LogP contribution is -2.34. The quantitative estimate of drug-likeness (QED) is 0.485. The maximum atomic E-state index is 11.3. The number of carbonyl (C=O) groups is 1. The third-order valence-electron chi connectivity index (χ3n) is 1.65. The molecule has 0 saturated heterocycles. The van der Waals surface area contributed by atoms with Crippen LogP contribution in [0.4, 0.5) is 0 Å². The minimum atomic E-state index is -0.190. The standard InChI is InChI=1S/C8H18N2OS/c1-7(12)8(11)10(3)6-4-5-9-2/h7,9,12H,4-6H2,1-3H3. The third kappa shape index (κ3) is 4.62. The summed E-state index contributed by atoms with van der Waals surface area (Å²) in [6.07, 6.45) is 0.985. The second-order valence-corrected chi connectivity index (χ2v) is 3.67. The Kier molecular flexibility index (Phi) is 6.20. The molecule has 0 radical (unpaired) electrons. The molecule has 0 aliphatic carbocycles. The minimum absolute atomic E-state index is 0.0921. The van der Waals surface area contributed by atoms with Gasteiger partial charge in [-0.15, -0.1) is 0 Å². The lowest BCUT2D eigenvalue weighted by atomic mass is 10.3. The highest BCUT2D eigenvalue weighted by Crippen LogP contribution is 1.98. The number of nitrogens with one attached hydrogen (secondary N) is 1. The molecule has 3 nitrogen and oxygen atoms in total. The first-order chi connectivity index (χ1) is 5.59. The molecule has 1 unspecified atom stereocenters. The number of thiol groups is 1. The molecule has 0 aromatic carbocycles. The number of carbonyl (C=O) groups excluding carboxylic acids is 1. The fourth-order valence-electron chi connectivity index (χ4n) is 0.922. The Morgan fingerprint density at radius 1 is 1.67 bits per heavy atom. The predicted molar refractivity (Wildman–Crippen MR) is 54.6 cm³/mol. The van der Waals surface area contributed by atoms with Crippen LogP contribution in [-0.4, -0.2) is 43.2 Å². The SMILES string of the molecule is CNCCCN(C)C(=O)C(C)S. The Morgan fingerprint density at radius 3 is 2.67 bits per heavy atom. The summed E-state index contributed by atoms with van der Waals surface area (Å²) in [7, 11) is 3.72. The summed E-state index contributed by atoms with van der Waals surface area (Å²) in [5.74, 6) is 0.0921. The van der Waals surface area contributed by atoms with Crippen LogP contribution >= 0.6 is 12.6 Å². The summed E-state index contributed by atoms with van der Waals surface area (Å²) >= 11 is 4.07. The molecule has 1 atom stereocenters. The van der Waals surface area contributed by atoms with Crippen LogP contribution < -0.4 is 5.32 Å². The number of hydrogen-bond donors (Lipinski definition) is 2. The second-order valence-electron chi connectivity index (χ2n) is 2.89. The zero-order valence-electron chi connectivity index (χ0n) is 8.00. The Balaban J connectivity index is 3.57. The maximum Gasteiger partial charge on any atom is 0.234 e. The predicted octanol–water partition coefficient (Wildman–Crippen LogP) is 0.373. The van der Waals surface area contributed by atoms with Gasteiger partial charge in [-0.1, -0.05) is 0 Å². The molecule has 1 N–H and O–H groups in total.